The lowest BCUT2D eigenvalue weighted by atomic mass is 10.1. The number of nitrogens with one attached hydrogen (secondary N) is 2. The molecule has 158 valence electrons. The predicted molar refractivity (Wildman–Crippen MR) is 120 cm³/mol. The van der Waals surface area contributed by atoms with E-state index in [4.69, 9.17) is 9.47 Å². The van der Waals surface area contributed by atoms with E-state index >= 15 is 0 Å². The molecule has 0 radical (unpaired) electrons. The Labute approximate surface area is 184 Å². The van der Waals surface area contributed by atoms with Crippen molar-refractivity contribution in [3.8, 4) is 5.88 Å². The molecule has 2 N–H and O–H groups in total. The molecule has 9 heteroatoms. The average Bonchev–Trinajstić information content (AvgIpc) is 2.57. The zero-order chi connectivity index (χ0) is 19.9. The van der Waals surface area contributed by atoms with Gasteiger partial charge in [0.25, 0.3) is 0 Å². The van der Waals surface area contributed by atoms with E-state index in [1.807, 2.05) is 32.9 Å². The first kappa shape index (κ1) is 24.3. The van der Waals surface area contributed by atoms with E-state index < -0.39 is 5.60 Å². The maximum Gasteiger partial charge on any atom is 0.410 e. The number of ether oxygens (including phenoxy) is 2. The summed E-state index contributed by atoms with van der Waals surface area (Å²) >= 11 is 0. The lowest BCUT2D eigenvalue weighted by Crippen LogP contribution is -2.63. The Balaban J connectivity index is 0.00000392. The van der Waals surface area contributed by atoms with E-state index in [9.17, 15) is 4.79 Å². The smallest absolute Gasteiger partial charge is 0.410 e. The van der Waals surface area contributed by atoms with Crippen molar-refractivity contribution in [2.45, 2.75) is 52.3 Å². The van der Waals surface area contributed by atoms with Crippen LogP contribution in [-0.4, -0.2) is 60.3 Å². The Morgan fingerprint density at radius 3 is 2.61 bits per heavy atom. The number of guanidine groups is 1. The molecule has 1 aromatic rings. The molecule has 0 bridgehead atoms. The third-order valence-electron chi connectivity index (χ3n) is 3.81. The Hall–Kier alpha value is -1.78. The summed E-state index contributed by atoms with van der Waals surface area (Å²) in [5, 5.41) is 6.56. The van der Waals surface area contributed by atoms with Gasteiger partial charge in [-0.3, -0.25) is 4.99 Å². The standard InChI is InChI=1S/C19H31N5O3.HI/c1-6-9-26-16-8-7-14(10-21-16)11-22-17(20-5)23-15-12-24(13-15)18(25)27-19(2,3)4;/h7-8,10,15H,6,9,11-13H2,1-5H3,(H2,20,22,23);1H. The molecule has 1 aliphatic heterocycles. The summed E-state index contributed by atoms with van der Waals surface area (Å²) in [5.41, 5.74) is 0.559. The number of pyridine rings is 1. The summed E-state index contributed by atoms with van der Waals surface area (Å²) in [6.07, 6.45) is 2.47. The van der Waals surface area contributed by atoms with E-state index in [-0.39, 0.29) is 36.1 Å². The first-order chi connectivity index (χ1) is 12.8. The van der Waals surface area contributed by atoms with Crippen LogP contribution in [0.15, 0.2) is 23.3 Å². The molecule has 1 fully saturated rings. The highest BCUT2D eigenvalue weighted by atomic mass is 127. The number of carbonyl (C=O) groups is 1. The number of aliphatic imine (C=N–C) groups is 1. The van der Waals surface area contributed by atoms with Gasteiger partial charge in [0.2, 0.25) is 5.88 Å². The fourth-order valence-electron chi connectivity index (χ4n) is 2.43. The SMILES string of the molecule is CCCOc1ccc(CNC(=NC)NC2CN(C(=O)OC(C)(C)C)C2)cn1.I. The zero-order valence-corrected chi connectivity index (χ0v) is 19.6. The predicted octanol–water partition coefficient (Wildman–Crippen LogP) is 2.77. The van der Waals surface area contributed by atoms with E-state index in [2.05, 4.69) is 27.5 Å². The normalized spacial score (nSPS) is 14.6. The summed E-state index contributed by atoms with van der Waals surface area (Å²) in [6, 6.07) is 4.01. The quantitative estimate of drug-likeness (QED) is 0.351. The molecule has 0 atom stereocenters. The van der Waals surface area contributed by atoms with Crippen LogP contribution in [-0.2, 0) is 11.3 Å². The third-order valence-corrected chi connectivity index (χ3v) is 3.81. The van der Waals surface area contributed by atoms with Crippen LogP contribution in [0.3, 0.4) is 0 Å². The van der Waals surface area contributed by atoms with E-state index in [1.54, 1.807) is 18.1 Å². The van der Waals surface area contributed by atoms with Crippen LogP contribution >= 0.6 is 24.0 Å². The lowest BCUT2D eigenvalue weighted by Gasteiger charge is -2.40. The van der Waals surface area contributed by atoms with Crippen molar-refractivity contribution in [2.24, 2.45) is 4.99 Å². The Kier molecular flexibility index (Phi) is 9.77. The largest absolute Gasteiger partial charge is 0.478 e. The molecule has 0 saturated carbocycles. The molecule has 0 aliphatic carbocycles. The molecule has 0 aromatic carbocycles. The van der Waals surface area contributed by atoms with E-state index in [0.717, 1.165) is 12.0 Å². The minimum absolute atomic E-state index is 0. The summed E-state index contributed by atoms with van der Waals surface area (Å²) in [7, 11) is 1.72. The van der Waals surface area contributed by atoms with Crippen molar-refractivity contribution in [2.75, 3.05) is 26.7 Å². The van der Waals surface area contributed by atoms with Gasteiger partial charge in [0.1, 0.15) is 5.60 Å². The number of likely N-dealkylation sites (tertiary alicyclic amines) is 1. The second-order valence-electron chi connectivity index (χ2n) is 7.51. The zero-order valence-electron chi connectivity index (χ0n) is 17.3. The molecule has 2 rings (SSSR count). The van der Waals surface area contributed by atoms with Crippen molar-refractivity contribution in [1.82, 2.24) is 20.5 Å². The molecule has 0 unspecified atom stereocenters. The van der Waals surface area contributed by atoms with Crippen LogP contribution in [0.25, 0.3) is 0 Å². The van der Waals surface area contributed by atoms with Crippen LogP contribution in [0.2, 0.25) is 0 Å². The van der Waals surface area contributed by atoms with Crippen LogP contribution in [0.5, 0.6) is 5.88 Å². The maximum absolute atomic E-state index is 12.0. The van der Waals surface area contributed by atoms with Crippen LogP contribution < -0.4 is 15.4 Å². The highest BCUT2D eigenvalue weighted by Crippen LogP contribution is 2.15. The molecule has 1 saturated heterocycles. The molecule has 1 amide bonds. The van der Waals surface area contributed by atoms with Crippen molar-refractivity contribution >= 4 is 36.0 Å². The molecule has 1 aliphatic rings. The van der Waals surface area contributed by atoms with Gasteiger partial charge in [-0.2, -0.15) is 0 Å². The summed E-state index contributed by atoms with van der Waals surface area (Å²) in [6.45, 7) is 10.1. The van der Waals surface area contributed by atoms with Crippen molar-refractivity contribution in [3.05, 3.63) is 23.9 Å². The summed E-state index contributed by atoms with van der Waals surface area (Å²) in [4.78, 5) is 22.1. The minimum atomic E-state index is -0.474. The second-order valence-corrected chi connectivity index (χ2v) is 7.51. The number of carbonyl (C=O) groups excluding carboxylic acids is 1. The number of hydrogen-bond acceptors (Lipinski definition) is 5. The van der Waals surface area contributed by atoms with Gasteiger partial charge < -0.3 is 25.0 Å². The maximum atomic E-state index is 12.0. The Bertz CT molecular complexity index is 640. The van der Waals surface area contributed by atoms with Gasteiger partial charge in [0.05, 0.1) is 12.6 Å². The van der Waals surface area contributed by atoms with Gasteiger partial charge in [0.15, 0.2) is 5.96 Å². The van der Waals surface area contributed by atoms with Crippen LogP contribution in [0.4, 0.5) is 4.79 Å². The van der Waals surface area contributed by atoms with Gasteiger partial charge in [-0.1, -0.05) is 13.0 Å². The number of halogens is 1. The minimum Gasteiger partial charge on any atom is -0.478 e. The van der Waals surface area contributed by atoms with E-state index in [1.165, 1.54) is 0 Å². The molecule has 1 aromatic heterocycles. The Morgan fingerprint density at radius 2 is 2.07 bits per heavy atom. The summed E-state index contributed by atoms with van der Waals surface area (Å²) in [5.74, 6) is 1.33. The van der Waals surface area contributed by atoms with Crippen molar-refractivity contribution in [3.63, 3.8) is 0 Å². The van der Waals surface area contributed by atoms with Gasteiger partial charge in [-0.25, -0.2) is 9.78 Å². The van der Waals surface area contributed by atoms with Gasteiger partial charge in [-0.15, -0.1) is 24.0 Å². The number of aromatic nitrogens is 1. The van der Waals surface area contributed by atoms with Crippen LogP contribution in [0, 0.1) is 0 Å². The number of amides is 1. The molecular formula is C19H32IN5O3. The third kappa shape index (κ3) is 8.07. The highest BCUT2D eigenvalue weighted by molar-refractivity contribution is 14.0. The average molecular weight is 505 g/mol. The number of hydrogen-bond donors (Lipinski definition) is 2. The van der Waals surface area contributed by atoms with E-state index in [0.29, 0.717) is 38.1 Å². The fraction of sp³-hybridized carbons (Fsp3) is 0.632. The van der Waals surface area contributed by atoms with Gasteiger partial charge in [-0.05, 0) is 32.8 Å². The second kappa shape index (κ2) is 11.3. The van der Waals surface area contributed by atoms with Gasteiger partial charge in [0, 0.05) is 38.9 Å². The first-order valence-electron chi connectivity index (χ1n) is 9.33. The summed E-state index contributed by atoms with van der Waals surface area (Å²) < 4.78 is 10.8. The van der Waals surface area contributed by atoms with Crippen molar-refractivity contribution < 1.29 is 14.3 Å². The molecular weight excluding hydrogens is 473 g/mol. The molecule has 28 heavy (non-hydrogen) atoms. The topological polar surface area (TPSA) is 88.1 Å². The molecule has 0 spiro atoms. The molecule has 2 heterocycles. The monoisotopic (exact) mass is 505 g/mol. The number of nitrogens with zero attached hydrogens (tertiary/aromatic N) is 3. The van der Waals surface area contributed by atoms with Crippen molar-refractivity contribution in [1.29, 1.82) is 0 Å². The number of rotatable bonds is 6. The lowest BCUT2D eigenvalue weighted by molar-refractivity contribution is 0.00701. The first-order valence-corrected chi connectivity index (χ1v) is 9.33. The fourth-order valence-corrected chi connectivity index (χ4v) is 2.43. The van der Waals surface area contributed by atoms with Gasteiger partial charge >= 0.3 is 6.09 Å². The molecule has 8 nitrogen and oxygen atoms in total. The Morgan fingerprint density at radius 1 is 1.36 bits per heavy atom. The highest BCUT2D eigenvalue weighted by Gasteiger charge is 2.34. The van der Waals surface area contributed by atoms with Crippen LogP contribution in [0.1, 0.15) is 39.7 Å².